The van der Waals surface area contributed by atoms with E-state index in [1.165, 1.54) is 42.8 Å². The third-order valence-corrected chi connectivity index (χ3v) is 4.33. The molecule has 1 saturated heterocycles. The largest absolute Gasteiger partial charge is 0.385 e. The second-order valence-corrected chi connectivity index (χ2v) is 6.62. The maximum atomic E-state index is 10.0. The average molecular weight is 292 g/mol. The molecule has 1 heterocycles. The van der Waals surface area contributed by atoms with Crippen LogP contribution >= 0.6 is 0 Å². The number of piperidine rings is 1. The first-order valence-corrected chi connectivity index (χ1v) is 8.30. The molecule has 3 nitrogen and oxygen atoms in total. The standard InChI is InChI=1S/C18H29NO2/c1-15(2)21-14-18(20)13-19-10-8-17(9-11-19)12-16-6-4-3-5-7-16/h3-7,15,17-18,20H,8-14H2,1-2H3/p+1/t18-/m0/s1. The number of hydrogen-bond acceptors (Lipinski definition) is 2. The molecule has 1 aliphatic rings. The summed E-state index contributed by atoms with van der Waals surface area (Å²) in [6, 6.07) is 10.8. The van der Waals surface area contributed by atoms with Gasteiger partial charge in [-0.05, 0) is 44.6 Å². The molecule has 0 aliphatic carbocycles. The van der Waals surface area contributed by atoms with Crippen molar-refractivity contribution < 1.29 is 14.7 Å². The van der Waals surface area contributed by atoms with Crippen molar-refractivity contribution in [2.75, 3.05) is 26.2 Å². The summed E-state index contributed by atoms with van der Waals surface area (Å²) in [7, 11) is 0. The number of benzene rings is 1. The molecule has 0 bridgehead atoms. The lowest BCUT2D eigenvalue weighted by atomic mass is 9.90. The van der Waals surface area contributed by atoms with Crippen molar-refractivity contribution in [3.63, 3.8) is 0 Å². The van der Waals surface area contributed by atoms with Crippen LogP contribution in [0.5, 0.6) is 0 Å². The Morgan fingerprint density at radius 3 is 2.48 bits per heavy atom. The molecular formula is C18H30NO2+. The van der Waals surface area contributed by atoms with Crippen LogP contribution in [-0.2, 0) is 11.2 Å². The molecule has 0 unspecified atom stereocenters. The smallest absolute Gasteiger partial charge is 0.126 e. The van der Waals surface area contributed by atoms with Crippen LogP contribution in [0.2, 0.25) is 0 Å². The highest BCUT2D eigenvalue weighted by atomic mass is 16.5. The van der Waals surface area contributed by atoms with Gasteiger partial charge in [0.25, 0.3) is 0 Å². The Morgan fingerprint density at radius 1 is 1.19 bits per heavy atom. The Kier molecular flexibility index (Phi) is 6.68. The molecule has 1 aromatic carbocycles. The van der Waals surface area contributed by atoms with Crippen molar-refractivity contribution in [3.05, 3.63) is 35.9 Å². The zero-order valence-electron chi connectivity index (χ0n) is 13.4. The van der Waals surface area contributed by atoms with Gasteiger partial charge < -0.3 is 14.7 Å². The first-order valence-electron chi connectivity index (χ1n) is 8.30. The highest BCUT2D eigenvalue weighted by Crippen LogP contribution is 2.16. The van der Waals surface area contributed by atoms with Gasteiger partial charge >= 0.3 is 0 Å². The lowest BCUT2D eigenvalue weighted by Crippen LogP contribution is -3.14. The summed E-state index contributed by atoms with van der Waals surface area (Å²) in [4.78, 5) is 1.53. The van der Waals surface area contributed by atoms with Gasteiger partial charge in [0.1, 0.15) is 12.6 Å². The first-order chi connectivity index (χ1) is 10.1. The van der Waals surface area contributed by atoms with Gasteiger partial charge in [-0.1, -0.05) is 30.3 Å². The summed E-state index contributed by atoms with van der Waals surface area (Å²) >= 11 is 0. The minimum Gasteiger partial charge on any atom is -0.385 e. The van der Waals surface area contributed by atoms with E-state index in [2.05, 4.69) is 30.3 Å². The number of ether oxygens (including phenoxy) is 1. The van der Waals surface area contributed by atoms with Crippen molar-refractivity contribution in [1.82, 2.24) is 0 Å². The Bertz CT molecular complexity index is 385. The predicted molar refractivity (Wildman–Crippen MR) is 85.5 cm³/mol. The van der Waals surface area contributed by atoms with Gasteiger partial charge in [0.15, 0.2) is 0 Å². The summed E-state index contributed by atoms with van der Waals surface area (Å²) in [6.45, 7) is 7.66. The third-order valence-electron chi connectivity index (χ3n) is 4.33. The highest BCUT2D eigenvalue weighted by Gasteiger charge is 2.24. The number of likely N-dealkylation sites (tertiary alicyclic amines) is 1. The lowest BCUT2D eigenvalue weighted by molar-refractivity contribution is -0.909. The number of aliphatic hydroxyl groups excluding tert-OH is 1. The monoisotopic (exact) mass is 292 g/mol. The molecule has 2 rings (SSSR count). The fourth-order valence-electron chi connectivity index (χ4n) is 3.14. The molecular weight excluding hydrogens is 262 g/mol. The molecule has 21 heavy (non-hydrogen) atoms. The Balaban J connectivity index is 1.66. The van der Waals surface area contributed by atoms with E-state index >= 15 is 0 Å². The summed E-state index contributed by atoms with van der Waals surface area (Å²) in [5.41, 5.74) is 1.45. The van der Waals surface area contributed by atoms with Crippen LogP contribution in [-0.4, -0.2) is 43.6 Å². The Labute approximate surface area is 128 Å². The Hall–Kier alpha value is -0.900. The van der Waals surface area contributed by atoms with Crippen LogP contribution in [0.4, 0.5) is 0 Å². The number of aliphatic hydroxyl groups is 1. The zero-order valence-corrected chi connectivity index (χ0v) is 13.4. The minimum atomic E-state index is -0.326. The highest BCUT2D eigenvalue weighted by molar-refractivity contribution is 5.15. The van der Waals surface area contributed by atoms with Crippen molar-refractivity contribution in [2.45, 2.75) is 45.3 Å². The van der Waals surface area contributed by atoms with Gasteiger partial charge in [-0.15, -0.1) is 0 Å². The van der Waals surface area contributed by atoms with E-state index in [0.717, 1.165) is 12.5 Å². The molecule has 2 N–H and O–H groups in total. The van der Waals surface area contributed by atoms with Crippen molar-refractivity contribution in [2.24, 2.45) is 5.92 Å². The molecule has 0 amide bonds. The minimum absolute atomic E-state index is 0.200. The Morgan fingerprint density at radius 2 is 1.86 bits per heavy atom. The molecule has 0 aromatic heterocycles. The summed E-state index contributed by atoms with van der Waals surface area (Å²) < 4.78 is 5.48. The second kappa shape index (κ2) is 8.52. The summed E-state index contributed by atoms with van der Waals surface area (Å²) in [5, 5.41) is 10.0. The van der Waals surface area contributed by atoms with E-state index < -0.39 is 0 Å². The van der Waals surface area contributed by atoms with Crippen LogP contribution in [0, 0.1) is 5.92 Å². The van der Waals surface area contributed by atoms with Crippen molar-refractivity contribution in [1.29, 1.82) is 0 Å². The molecule has 0 radical (unpaired) electrons. The molecule has 1 aliphatic heterocycles. The fraction of sp³-hybridized carbons (Fsp3) is 0.667. The zero-order chi connectivity index (χ0) is 15.1. The maximum absolute atomic E-state index is 10.0. The lowest BCUT2D eigenvalue weighted by Gasteiger charge is -2.30. The van der Waals surface area contributed by atoms with Gasteiger partial charge in [0.2, 0.25) is 0 Å². The van der Waals surface area contributed by atoms with Gasteiger partial charge in [-0.2, -0.15) is 0 Å². The van der Waals surface area contributed by atoms with Crippen LogP contribution < -0.4 is 4.90 Å². The van der Waals surface area contributed by atoms with Gasteiger partial charge in [0.05, 0.1) is 25.8 Å². The predicted octanol–water partition coefficient (Wildman–Crippen LogP) is 1.31. The van der Waals surface area contributed by atoms with Gasteiger partial charge in [-0.3, -0.25) is 0 Å². The molecule has 0 spiro atoms. The van der Waals surface area contributed by atoms with Crippen LogP contribution in [0.25, 0.3) is 0 Å². The maximum Gasteiger partial charge on any atom is 0.126 e. The molecule has 118 valence electrons. The number of rotatable bonds is 7. The molecule has 1 atom stereocenters. The number of hydrogen-bond donors (Lipinski definition) is 2. The number of nitrogens with one attached hydrogen (secondary N) is 1. The van der Waals surface area contributed by atoms with E-state index in [1.54, 1.807) is 0 Å². The van der Waals surface area contributed by atoms with Gasteiger partial charge in [-0.25, -0.2) is 0 Å². The first kappa shape index (κ1) is 16.5. The van der Waals surface area contributed by atoms with Crippen LogP contribution in [0.15, 0.2) is 30.3 Å². The van der Waals surface area contributed by atoms with Crippen molar-refractivity contribution >= 4 is 0 Å². The summed E-state index contributed by atoms with van der Waals surface area (Å²) in [5.74, 6) is 0.806. The normalized spacial score (nSPS) is 24.2. The van der Waals surface area contributed by atoms with E-state index in [0.29, 0.717) is 6.61 Å². The van der Waals surface area contributed by atoms with E-state index in [9.17, 15) is 5.11 Å². The van der Waals surface area contributed by atoms with Crippen LogP contribution in [0.3, 0.4) is 0 Å². The topological polar surface area (TPSA) is 33.9 Å². The third kappa shape index (κ3) is 6.16. The van der Waals surface area contributed by atoms with E-state index in [1.807, 2.05) is 13.8 Å². The average Bonchev–Trinajstić information content (AvgIpc) is 2.48. The van der Waals surface area contributed by atoms with E-state index in [-0.39, 0.29) is 12.2 Å². The molecule has 1 aromatic rings. The van der Waals surface area contributed by atoms with Crippen molar-refractivity contribution in [3.8, 4) is 0 Å². The second-order valence-electron chi connectivity index (χ2n) is 6.62. The fourth-order valence-corrected chi connectivity index (χ4v) is 3.14. The SMILES string of the molecule is CC(C)OC[C@@H](O)C[NH+]1CCC(Cc2ccccc2)CC1. The van der Waals surface area contributed by atoms with Crippen LogP contribution in [0.1, 0.15) is 32.3 Å². The van der Waals surface area contributed by atoms with Gasteiger partial charge in [0, 0.05) is 0 Å². The molecule has 1 fully saturated rings. The number of quaternary nitrogens is 1. The quantitative estimate of drug-likeness (QED) is 0.794. The summed E-state index contributed by atoms with van der Waals surface area (Å²) in [6.07, 6.45) is 3.61. The molecule has 3 heteroatoms. The molecule has 0 saturated carbocycles. The van der Waals surface area contributed by atoms with E-state index in [4.69, 9.17) is 4.74 Å².